The molecule has 0 spiro atoms. The molecule has 1 atom stereocenters. The molecule has 128 valence electrons. The molecule has 0 saturated heterocycles. The van der Waals surface area contributed by atoms with Gasteiger partial charge in [-0.05, 0) is 47.5 Å². The second kappa shape index (κ2) is 8.29. The Balaban J connectivity index is 2.30. The van der Waals surface area contributed by atoms with E-state index in [1.165, 1.54) is 4.90 Å². The summed E-state index contributed by atoms with van der Waals surface area (Å²) in [5, 5.41) is 0. The van der Waals surface area contributed by atoms with E-state index in [1.54, 1.807) is 32.0 Å². The summed E-state index contributed by atoms with van der Waals surface area (Å²) in [5.41, 5.74) is 1.19. The lowest BCUT2D eigenvalue weighted by molar-refractivity contribution is -0.133. The first-order valence-corrected chi connectivity index (χ1v) is 8.35. The normalized spacial score (nSPS) is 17.4. The summed E-state index contributed by atoms with van der Waals surface area (Å²) in [5.74, 6) is 5.58. The fourth-order valence-electron chi connectivity index (χ4n) is 2.45. The first-order valence-electron chi connectivity index (χ1n) is 7.56. The molecule has 1 unspecified atom stereocenters. The molecule has 1 amide bonds. The Labute approximate surface area is 148 Å². The summed E-state index contributed by atoms with van der Waals surface area (Å²) in [4.78, 5) is 13.5. The van der Waals surface area contributed by atoms with Gasteiger partial charge in [-0.2, -0.15) is 0 Å². The first-order chi connectivity index (χ1) is 11.4. The maximum absolute atomic E-state index is 12.9. The van der Waals surface area contributed by atoms with E-state index in [4.69, 9.17) is 4.74 Å². The van der Waals surface area contributed by atoms with Crippen LogP contribution in [-0.4, -0.2) is 30.4 Å². The molecule has 2 rings (SSSR count). The molecule has 1 aliphatic rings. The maximum atomic E-state index is 12.9. The number of nitrogens with zero attached hydrogens (tertiary/aromatic N) is 1. The zero-order valence-electron chi connectivity index (χ0n) is 13.5. The molecule has 0 radical (unpaired) electrons. The second-order valence-electron chi connectivity index (χ2n) is 5.42. The van der Waals surface area contributed by atoms with Crippen LogP contribution in [0.25, 0.3) is 5.70 Å². The minimum atomic E-state index is -2.59. The van der Waals surface area contributed by atoms with Crippen LogP contribution in [0, 0.1) is 17.8 Å². The molecular weight excluding hydrogens is 380 g/mol. The topological polar surface area (TPSA) is 29.5 Å². The van der Waals surface area contributed by atoms with Crippen molar-refractivity contribution in [1.82, 2.24) is 4.90 Å². The molecule has 1 heterocycles. The SMILES string of the molecule is CC#CCOc1ccc(C2=CCC(C)C(=O)N2CC(F)F)c(Br)c1. The van der Waals surface area contributed by atoms with Crippen molar-refractivity contribution >= 4 is 27.5 Å². The molecule has 0 fully saturated rings. The van der Waals surface area contributed by atoms with Gasteiger partial charge in [0.2, 0.25) is 5.91 Å². The monoisotopic (exact) mass is 397 g/mol. The number of benzene rings is 1. The van der Waals surface area contributed by atoms with Gasteiger partial charge in [-0.25, -0.2) is 8.78 Å². The third-order valence-electron chi connectivity index (χ3n) is 3.67. The third kappa shape index (κ3) is 4.35. The molecule has 6 heteroatoms. The number of rotatable bonds is 5. The fourth-order valence-corrected chi connectivity index (χ4v) is 3.01. The highest BCUT2D eigenvalue weighted by atomic mass is 79.9. The Morgan fingerprint density at radius 2 is 2.21 bits per heavy atom. The van der Waals surface area contributed by atoms with Gasteiger partial charge < -0.3 is 9.64 Å². The molecule has 3 nitrogen and oxygen atoms in total. The second-order valence-corrected chi connectivity index (χ2v) is 6.28. The molecule has 0 aliphatic carbocycles. The predicted molar refractivity (Wildman–Crippen MR) is 92.6 cm³/mol. The quantitative estimate of drug-likeness (QED) is 0.692. The number of hydrogen-bond acceptors (Lipinski definition) is 2. The van der Waals surface area contributed by atoms with Gasteiger partial charge in [-0.3, -0.25) is 4.79 Å². The van der Waals surface area contributed by atoms with Crippen LogP contribution >= 0.6 is 15.9 Å². The first kappa shape index (κ1) is 18.5. The van der Waals surface area contributed by atoms with Gasteiger partial charge in [0.15, 0.2) is 0 Å². The van der Waals surface area contributed by atoms with E-state index in [0.29, 0.717) is 27.9 Å². The van der Waals surface area contributed by atoms with Crippen LogP contribution in [0.4, 0.5) is 8.78 Å². The summed E-state index contributed by atoms with van der Waals surface area (Å²) in [7, 11) is 0. The molecule has 0 aromatic heterocycles. The van der Waals surface area contributed by atoms with Gasteiger partial charge in [0.25, 0.3) is 6.43 Å². The lowest BCUT2D eigenvalue weighted by Crippen LogP contribution is -2.39. The third-order valence-corrected chi connectivity index (χ3v) is 4.32. The molecule has 1 aromatic rings. The Morgan fingerprint density at radius 1 is 1.46 bits per heavy atom. The Kier molecular flexibility index (Phi) is 6.38. The minimum absolute atomic E-state index is 0.276. The van der Waals surface area contributed by atoms with E-state index >= 15 is 0 Å². The van der Waals surface area contributed by atoms with Crippen LogP contribution in [0.2, 0.25) is 0 Å². The van der Waals surface area contributed by atoms with Crippen molar-refractivity contribution < 1.29 is 18.3 Å². The van der Waals surface area contributed by atoms with Crippen molar-refractivity contribution in [1.29, 1.82) is 0 Å². The number of carbonyl (C=O) groups excluding carboxylic acids is 1. The summed E-state index contributed by atoms with van der Waals surface area (Å²) in [6.07, 6.45) is -0.223. The van der Waals surface area contributed by atoms with Crippen LogP contribution in [0.15, 0.2) is 28.7 Å². The van der Waals surface area contributed by atoms with Crippen molar-refractivity contribution in [3.05, 3.63) is 34.3 Å². The van der Waals surface area contributed by atoms with Crippen molar-refractivity contribution in [2.24, 2.45) is 5.92 Å². The van der Waals surface area contributed by atoms with E-state index in [2.05, 4.69) is 27.8 Å². The number of alkyl halides is 2. The zero-order valence-corrected chi connectivity index (χ0v) is 15.1. The van der Waals surface area contributed by atoms with Gasteiger partial charge >= 0.3 is 0 Å². The molecular formula is C18H18BrF2NO2. The highest BCUT2D eigenvalue weighted by Crippen LogP contribution is 2.34. The van der Waals surface area contributed by atoms with E-state index in [-0.39, 0.29) is 18.4 Å². The summed E-state index contributed by atoms with van der Waals surface area (Å²) in [6, 6.07) is 5.24. The van der Waals surface area contributed by atoms with Crippen molar-refractivity contribution in [3.63, 3.8) is 0 Å². The van der Waals surface area contributed by atoms with Gasteiger partial charge in [0.1, 0.15) is 12.4 Å². The van der Waals surface area contributed by atoms with Crippen LogP contribution in [0.1, 0.15) is 25.8 Å². The molecule has 1 aromatic carbocycles. The molecule has 0 bridgehead atoms. The number of hydrogen-bond donors (Lipinski definition) is 0. The molecule has 24 heavy (non-hydrogen) atoms. The number of carbonyl (C=O) groups is 1. The number of ether oxygens (including phenoxy) is 1. The van der Waals surface area contributed by atoms with Gasteiger partial charge in [-0.1, -0.05) is 18.9 Å². The van der Waals surface area contributed by atoms with Crippen molar-refractivity contribution in [3.8, 4) is 17.6 Å². The summed E-state index contributed by atoms with van der Waals surface area (Å²) in [6.45, 7) is 3.15. The van der Waals surface area contributed by atoms with Crippen LogP contribution < -0.4 is 4.74 Å². The molecule has 0 saturated carbocycles. The average Bonchev–Trinajstić information content (AvgIpc) is 2.53. The van der Waals surface area contributed by atoms with E-state index in [1.807, 2.05) is 6.08 Å². The van der Waals surface area contributed by atoms with E-state index in [0.717, 1.165) is 0 Å². The average molecular weight is 398 g/mol. The van der Waals surface area contributed by atoms with Crippen LogP contribution in [-0.2, 0) is 4.79 Å². The number of allylic oxidation sites excluding steroid dienone is 1. The van der Waals surface area contributed by atoms with Crippen LogP contribution in [0.3, 0.4) is 0 Å². The van der Waals surface area contributed by atoms with Gasteiger partial charge in [0, 0.05) is 21.7 Å². The lowest BCUT2D eigenvalue weighted by atomic mass is 9.97. The van der Waals surface area contributed by atoms with E-state index in [9.17, 15) is 13.6 Å². The Bertz CT molecular complexity index is 707. The smallest absolute Gasteiger partial charge is 0.256 e. The predicted octanol–water partition coefficient (Wildman–Crippen LogP) is 4.33. The fraction of sp³-hybridized carbons (Fsp3) is 0.389. The van der Waals surface area contributed by atoms with Gasteiger partial charge in [-0.15, -0.1) is 5.92 Å². The van der Waals surface area contributed by atoms with Crippen molar-refractivity contribution in [2.45, 2.75) is 26.7 Å². The molecule has 1 aliphatic heterocycles. The summed E-state index contributed by atoms with van der Waals surface area (Å²) < 4.78 is 31.9. The standard InChI is InChI=1S/C18H18BrF2NO2/c1-3-4-9-24-13-6-7-14(15(19)10-13)16-8-5-12(2)18(23)22(16)11-17(20)21/h6-8,10,12,17H,5,9,11H2,1-2H3. The van der Waals surface area contributed by atoms with E-state index < -0.39 is 13.0 Å². The molecule has 0 N–H and O–H groups in total. The Hall–Kier alpha value is -1.87. The van der Waals surface area contributed by atoms with Crippen LogP contribution in [0.5, 0.6) is 5.75 Å². The largest absolute Gasteiger partial charge is 0.481 e. The zero-order chi connectivity index (χ0) is 17.7. The Morgan fingerprint density at radius 3 is 2.83 bits per heavy atom. The summed E-state index contributed by atoms with van der Waals surface area (Å²) >= 11 is 3.44. The minimum Gasteiger partial charge on any atom is -0.481 e. The van der Waals surface area contributed by atoms with Gasteiger partial charge in [0.05, 0.1) is 6.54 Å². The maximum Gasteiger partial charge on any atom is 0.256 e. The highest BCUT2D eigenvalue weighted by molar-refractivity contribution is 9.10. The lowest BCUT2D eigenvalue weighted by Gasteiger charge is -2.32. The number of halogens is 3. The highest BCUT2D eigenvalue weighted by Gasteiger charge is 2.30. The number of amides is 1. The van der Waals surface area contributed by atoms with Crippen molar-refractivity contribution in [2.75, 3.05) is 13.2 Å².